The van der Waals surface area contributed by atoms with Gasteiger partial charge in [0.25, 0.3) is 0 Å². The predicted octanol–water partition coefficient (Wildman–Crippen LogP) is 2.82. The lowest BCUT2D eigenvalue weighted by molar-refractivity contribution is 0.347. The third kappa shape index (κ3) is 4.21. The molecule has 1 atom stereocenters. The molecule has 0 aliphatic heterocycles. The molecule has 3 N–H and O–H groups in total. The van der Waals surface area contributed by atoms with Gasteiger partial charge in [-0.3, -0.25) is 9.88 Å². The highest BCUT2D eigenvalue weighted by Crippen LogP contribution is 2.50. The number of aryl methyl sites for hydroxylation is 1. The van der Waals surface area contributed by atoms with Gasteiger partial charge >= 0.3 is 7.60 Å². The van der Waals surface area contributed by atoms with Gasteiger partial charge in [0.2, 0.25) is 0 Å². The molecule has 0 aromatic heterocycles. The maximum atomic E-state index is 11.6. The number of rotatable bonds is 7. The van der Waals surface area contributed by atoms with Crippen LogP contribution in [0, 0.1) is 0 Å². The van der Waals surface area contributed by atoms with Crippen LogP contribution in [0.15, 0.2) is 24.3 Å². The van der Waals surface area contributed by atoms with E-state index in [0.717, 1.165) is 24.8 Å². The molecule has 1 rings (SSSR count). The Kier molecular flexibility index (Phi) is 6.03. The zero-order chi connectivity index (χ0) is 13.6. The first kappa shape index (κ1) is 15.4. The van der Waals surface area contributed by atoms with Gasteiger partial charge in [0.1, 0.15) is 5.78 Å². The summed E-state index contributed by atoms with van der Waals surface area (Å²) in [7, 11) is -4.19. The first-order valence-electron chi connectivity index (χ1n) is 6.37. The summed E-state index contributed by atoms with van der Waals surface area (Å²) in [6.45, 7) is 4.65. The topological polar surface area (TPSA) is 69.6 Å². The molecule has 102 valence electrons. The van der Waals surface area contributed by atoms with Crippen molar-refractivity contribution in [2.45, 2.75) is 38.9 Å². The third-order valence-electron chi connectivity index (χ3n) is 2.93. The van der Waals surface area contributed by atoms with E-state index < -0.39 is 13.4 Å². The SMILES string of the molecule is CCCCNC(c1ccccc1CC)P(=O)(O)O. The minimum atomic E-state index is -4.19. The van der Waals surface area contributed by atoms with Crippen LogP contribution in [0.3, 0.4) is 0 Å². The van der Waals surface area contributed by atoms with E-state index in [2.05, 4.69) is 5.32 Å². The second kappa shape index (κ2) is 7.05. The fourth-order valence-corrected chi connectivity index (χ4v) is 2.93. The Hall–Kier alpha value is -0.670. The zero-order valence-electron chi connectivity index (χ0n) is 11.0. The smallest absolute Gasteiger partial charge is 0.323 e. The molecule has 0 aliphatic rings. The van der Waals surface area contributed by atoms with E-state index in [9.17, 15) is 14.4 Å². The van der Waals surface area contributed by atoms with Crippen LogP contribution in [0.4, 0.5) is 0 Å². The third-order valence-corrected chi connectivity index (χ3v) is 4.07. The predicted molar refractivity (Wildman–Crippen MR) is 73.5 cm³/mol. The molecule has 0 saturated carbocycles. The first-order chi connectivity index (χ1) is 8.50. The summed E-state index contributed by atoms with van der Waals surface area (Å²) in [6, 6.07) is 7.42. The molecule has 0 spiro atoms. The minimum absolute atomic E-state index is 0.615. The molecule has 0 saturated heterocycles. The number of unbranched alkanes of at least 4 members (excludes halogenated alkanes) is 1. The van der Waals surface area contributed by atoms with Crippen LogP contribution in [0.2, 0.25) is 0 Å². The van der Waals surface area contributed by atoms with E-state index in [1.165, 1.54) is 0 Å². The maximum Gasteiger partial charge on any atom is 0.346 e. The fourth-order valence-electron chi connectivity index (χ4n) is 1.95. The van der Waals surface area contributed by atoms with E-state index >= 15 is 0 Å². The summed E-state index contributed by atoms with van der Waals surface area (Å²) in [5.74, 6) is -0.889. The minimum Gasteiger partial charge on any atom is -0.323 e. The number of nitrogens with one attached hydrogen (secondary N) is 1. The van der Waals surface area contributed by atoms with Crippen LogP contribution in [-0.4, -0.2) is 16.3 Å². The highest BCUT2D eigenvalue weighted by molar-refractivity contribution is 7.52. The van der Waals surface area contributed by atoms with Crippen molar-refractivity contribution in [3.63, 3.8) is 0 Å². The summed E-state index contributed by atoms with van der Waals surface area (Å²) in [4.78, 5) is 19.0. The van der Waals surface area contributed by atoms with Crippen LogP contribution in [0.5, 0.6) is 0 Å². The van der Waals surface area contributed by atoms with Crippen molar-refractivity contribution >= 4 is 7.60 Å². The van der Waals surface area contributed by atoms with Crippen molar-refractivity contribution in [2.24, 2.45) is 0 Å². The highest BCUT2D eigenvalue weighted by Gasteiger charge is 2.30. The Morgan fingerprint density at radius 3 is 2.50 bits per heavy atom. The summed E-state index contributed by atoms with van der Waals surface area (Å²) in [5, 5.41) is 2.99. The average molecular weight is 271 g/mol. The Morgan fingerprint density at radius 2 is 1.94 bits per heavy atom. The van der Waals surface area contributed by atoms with Gasteiger partial charge in [-0.05, 0) is 30.5 Å². The average Bonchev–Trinajstić information content (AvgIpc) is 2.33. The first-order valence-corrected chi connectivity index (χ1v) is 8.05. The Balaban J connectivity index is 2.98. The van der Waals surface area contributed by atoms with E-state index in [1.807, 2.05) is 32.0 Å². The van der Waals surface area contributed by atoms with Crippen molar-refractivity contribution in [2.75, 3.05) is 6.54 Å². The maximum absolute atomic E-state index is 11.6. The molecule has 1 unspecified atom stereocenters. The van der Waals surface area contributed by atoms with Gasteiger partial charge in [0, 0.05) is 0 Å². The van der Waals surface area contributed by atoms with E-state index in [-0.39, 0.29) is 0 Å². The van der Waals surface area contributed by atoms with Gasteiger partial charge in [-0.25, -0.2) is 0 Å². The quantitative estimate of drug-likeness (QED) is 0.527. The van der Waals surface area contributed by atoms with E-state index in [0.29, 0.717) is 12.1 Å². The van der Waals surface area contributed by atoms with Gasteiger partial charge in [-0.2, -0.15) is 0 Å². The Morgan fingerprint density at radius 1 is 1.28 bits per heavy atom. The molecular formula is C13H22NO3P. The normalized spacial score (nSPS) is 13.6. The van der Waals surface area contributed by atoms with Crippen molar-refractivity contribution in [1.29, 1.82) is 0 Å². The summed E-state index contributed by atoms with van der Waals surface area (Å²) in [6.07, 6.45) is 2.67. The Labute approximate surface area is 109 Å². The lowest BCUT2D eigenvalue weighted by Gasteiger charge is -2.22. The number of hydrogen-bond donors (Lipinski definition) is 3. The van der Waals surface area contributed by atoms with Crippen molar-refractivity contribution in [3.8, 4) is 0 Å². The van der Waals surface area contributed by atoms with Gasteiger partial charge < -0.3 is 9.79 Å². The van der Waals surface area contributed by atoms with Gasteiger partial charge in [0.15, 0.2) is 0 Å². The molecule has 0 radical (unpaired) electrons. The van der Waals surface area contributed by atoms with Crippen molar-refractivity contribution in [3.05, 3.63) is 35.4 Å². The van der Waals surface area contributed by atoms with E-state index in [4.69, 9.17) is 0 Å². The molecule has 1 aromatic carbocycles. The second-order valence-electron chi connectivity index (χ2n) is 4.35. The molecule has 4 nitrogen and oxygen atoms in total. The van der Waals surface area contributed by atoms with Gasteiger partial charge in [-0.15, -0.1) is 0 Å². The largest absolute Gasteiger partial charge is 0.346 e. The van der Waals surface area contributed by atoms with E-state index in [1.54, 1.807) is 6.07 Å². The standard InChI is InChI=1S/C13H22NO3P/c1-3-5-10-14-13(18(15,16)17)12-9-7-6-8-11(12)4-2/h6-9,13-14H,3-5,10H2,1-2H3,(H2,15,16,17). The number of benzene rings is 1. The lowest BCUT2D eigenvalue weighted by atomic mass is 10.1. The lowest BCUT2D eigenvalue weighted by Crippen LogP contribution is -2.23. The highest BCUT2D eigenvalue weighted by atomic mass is 31.2. The second-order valence-corrected chi connectivity index (χ2v) is 6.05. The van der Waals surface area contributed by atoms with Crippen LogP contribution in [0.1, 0.15) is 43.6 Å². The molecule has 0 fully saturated rings. The van der Waals surface area contributed by atoms with Crippen LogP contribution in [-0.2, 0) is 11.0 Å². The molecule has 0 bridgehead atoms. The molecule has 18 heavy (non-hydrogen) atoms. The molecule has 1 aromatic rings. The molecule has 0 aliphatic carbocycles. The van der Waals surface area contributed by atoms with Gasteiger partial charge in [-0.1, -0.05) is 44.5 Å². The van der Waals surface area contributed by atoms with Crippen LogP contribution >= 0.6 is 7.60 Å². The molecule has 5 heteroatoms. The summed E-state index contributed by atoms with van der Waals surface area (Å²) < 4.78 is 11.6. The molecule has 0 amide bonds. The van der Waals surface area contributed by atoms with Crippen LogP contribution < -0.4 is 5.32 Å². The van der Waals surface area contributed by atoms with Crippen LogP contribution in [0.25, 0.3) is 0 Å². The van der Waals surface area contributed by atoms with Crippen molar-refractivity contribution in [1.82, 2.24) is 5.32 Å². The van der Waals surface area contributed by atoms with Gasteiger partial charge in [0.05, 0.1) is 0 Å². The molecule has 0 heterocycles. The summed E-state index contributed by atoms with van der Waals surface area (Å²) >= 11 is 0. The monoisotopic (exact) mass is 271 g/mol. The number of hydrogen-bond acceptors (Lipinski definition) is 2. The Bertz CT molecular complexity index is 416. The summed E-state index contributed by atoms with van der Waals surface area (Å²) in [5.41, 5.74) is 1.69. The zero-order valence-corrected chi connectivity index (χ0v) is 11.9. The van der Waals surface area contributed by atoms with Crippen molar-refractivity contribution < 1.29 is 14.4 Å². The molecular weight excluding hydrogens is 249 g/mol. The fraction of sp³-hybridized carbons (Fsp3) is 0.538.